The first-order chi connectivity index (χ1) is 18.2. The number of ether oxygens (including phenoxy) is 3. The number of amides is 1. The number of benzene rings is 1. The Balaban J connectivity index is 1.59. The second-order valence-electron chi connectivity index (χ2n) is 11.6. The minimum absolute atomic E-state index is 0.00366. The van der Waals surface area contributed by atoms with Gasteiger partial charge in [0.2, 0.25) is 11.7 Å². The summed E-state index contributed by atoms with van der Waals surface area (Å²) in [4.78, 5) is 26.5. The van der Waals surface area contributed by atoms with E-state index in [1.165, 1.54) is 26.2 Å². The van der Waals surface area contributed by atoms with Gasteiger partial charge in [-0.05, 0) is 90.2 Å². The number of nitrogens with one attached hydrogen (secondary N) is 1. The minimum atomic E-state index is -0.291. The summed E-state index contributed by atoms with van der Waals surface area (Å²) in [6, 6.07) is 7.40. The molecule has 2 bridgehead atoms. The van der Waals surface area contributed by atoms with Crippen LogP contribution >= 0.6 is 11.8 Å². The number of rotatable bonds is 7. The molecule has 0 aliphatic heterocycles. The topological polar surface area (TPSA) is 73.9 Å². The lowest BCUT2D eigenvalue weighted by Gasteiger charge is -2.60. The van der Waals surface area contributed by atoms with Gasteiger partial charge in [-0.2, -0.15) is 0 Å². The van der Waals surface area contributed by atoms with Crippen molar-refractivity contribution < 1.29 is 19.0 Å². The van der Waals surface area contributed by atoms with Crippen molar-refractivity contribution in [3.05, 3.63) is 45.6 Å². The van der Waals surface area contributed by atoms with Crippen LogP contribution in [0.15, 0.2) is 34.0 Å². The number of hydrogen-bond donors (Lipinski definition) is 1. The molecule has 0 heterocycles. The van der Waals surface area contributed by atoms with E-state index in [0.717, 1.165) is 44.7 Å². The molecule has 0 radical (unpaired) electrons. The van der Waals surface area contributed by atoms with Gasteiger partial charge in [0.15, 0.2) is 16.9 Å². The van der Waals surface area contributed by atoms with Crippen LogP contribution in [0.1, 0.15) is 63.6 Å². The average Bonchev–Trinajstić information content (AvgIpc) is 3.14. The van der Waals surface area contributed by atoms with Crippen LogP contribution in [0.3, 0.4) is 0 Å². The highest BCUT2D eigenvalue weighted by Crippen LogP contribution is 2.62. The molecule has 204 valence electrons. The zero-order valence-corrected chi connectivity index (χ0v) is 24.1. The quantitative estimate of drug-likeness (QED) is 0.435. The maximum Gasteiger partial charge on any atom is 0.217 e. The van der Waals surface area contributed by atoms with E-state index in [4.69, 9.17) is 14.2 Å². The Hall–Kier alpha value is -2.67. The Morgan fingerprint density at radius 2 is 1.82 bits per heavy atom. The zero-order chi connectivity index (χ0) is 27.2. The number of carbonyl (C=O) groups excluding carboxylic acids is 1. The summed E-state index contributed by atoms with van der Waals surface area (Å²) in [6.45, 7) is 6.35. The Bertz CT molecular complexity index is 1300. The monoisotopic (exact) mass is 537 g/mol. The first kappa shape index (κ1) is 26.9. The van der Waals surface area contributed by atoms with E-state index < -0.39 is 0 Å². The summed E-state index contributed by atoms with van der Waals surface area (Å²) in [5.74, 6) is 4.78. The lowest BCUT2D eigenvalue weighted by Crippen LogP contribution is -2.52. The van der Waals surface area contributed by atoms with Crippen LogP contribution < -0.4 is 25.0 Å². The van der Waals surface area contributed by atoms with Gasteiger partial charge in [0.25, 0.3) is 0 Å². The second kappa shape index (κ2) is 10.5. The maximum atomic E-state index is 13.6. The Labute approximate surface area is 229 Å². The van der Waals surface area contributed by atoms with E-state index in [2.05, 4.69) is 19.2 Å². The van der Waals surface area contributed by atoms with Gasteiger partial charge in [0, 0.05) is 18.2 Å². The summed E-state index contributed by atoms with van der Waals surface area (Å²) in [5, 5.41) is 3.08. The molecule has 1 amide bonds. The van der Waals surface area contributed by atoms with E-state index in [1.54, 1.807) is 39.2 Å². The molecule has 6 nitrogen and oxygen atoms in total. The number of fused-ring (bicyclic) bond motifs is 5. The summed E-state index contributed by atoms with van der Waals surface area (Å²) in [5.41, 5.74) is 4.02. The van der Waals surface area contributed by atoms with Crippen molar-refractivity contribution in [2.75, 3.05) is 27.1 Å². The molecule has 38 heavy (non-hydrogen) atoms. The predicted octanol–water partition coefficient (Wildman–Crippen LogP) is 6.03. The maximum absolute atomic E-state index is 13.6. The fourth-order valence-corrected chi connectivity index (χ4v) is 8.33. The van der Waals surface area contributed by atoms with Gasteiger partial charge in [-0.3, -0.25) is 9.59 Å². The smallest absolute Gasteiger partial charge is 0.217 e. The van der Waals surface area contributed by atoms with Crippen molar-refractivity contribution in [1.82, 2.24) is 5.32 Å². The number of methoxy groups -OCH3 is 3. The predicted molar refractivity (Wildman–Crippen MR) is 152 cm³/mol. The first-order valence-corrected chi connectivity index (χ1v) is 14.6. The number of hydrogen-bond acceptors (Lipinski definition) is 6. The van der Waals surface area contributed by atoms with Gasteiger partial charge in [-0.1, -0.05) is 19.9 Å². The molecule has 4 atom stereocenters. The lowest BCUT2D eigenvalue weighted by atomic mass is 9.46. The molecular formula is C31H39NO5S. The molecule has 0 aromatic heterocycles. The Morgan fingerprint density at radius 3 is 2.45 bits per heavy atom. The van der Waals surface area contributed by atoms with Gasteiger partial charge in [0.05, 0.1) is 32.3 Å². The molecule has 0 spiro atoms. The normalized spacial score (nSPS) is 24.7. The molecule has 3 fully saturated rings. The highest BCUT2D eigenvalue weighted by atomic mass is 32.2. The fraction of sp³-hybridized carbons (Fsp3) is 0.548. The Kier molecular flexibility index (Phi) is 7.42. The molecule has 6 rings (SSSR count). The van der Waals surface area contributed by atoms with E-state index in [-0.39, 0.29) is 17.4 Å². The molecule has 0 unspecified atom stereocenters. The van der Waals surface area contributed by atoms with E-state index >= 15 is 0 Å². The van der Waals surface area contributed by atoms with Gasteiger partial charge in [-0.25, -0.2) is 0 Å². The van der Waals surface area contributed by atoms with Gasteiger partial charge >= 0.3 is 0 Å². The molecule has 3 saturated carbocycles. The second-order valence-corrected chi connectivity index (χ2v) is 12.6. The SMILES string of the molecule is COc1cc2c(c(OC)c1OC)-c1ccc(SC[C@@H]3CC[C@@H]4C[C@@H]3C4(C)C)c(=O)cc1[C@H](NC(C)=O)CC2. The molecule has 4 aliphatic rings. The summed E-state index contributed by atoms with van der Waals surface area (Å²) < 4.78 is 17.2. The van der Waals surface area contributed by atoms with Crippen LogP contribution in [0.5, 0.6) is 17.2 Å². The third-order valence-electron chi connectivity index (χ3n) is 9.33. The largest absolute Gasteiger partial charge is 0.493 e. The van der Waals surface area contributed by atoms with Crippen LogP contribution in [0.4, 0.5) is 0 Å². The van der Waals surface area contributed by atoms with Crippen molar-refractivity contribution in [1.29, 1.82) is 0 Å². The molecule has 4 aliphatic carbocycles. The molecule has 2 aromatic rings. The van der Waals surface area contributed by atoms with Crippen molar-refractivity contribution in [2.45, 2.75) is 63.8 Å². The zero-order valence-electron chi connectivity index (χ0n) is 23.3. The van der Waals surface area contributed by atoms with Gasteiger partial charge in [-0.15, -0.1) is 11.8 Å². The molecular weight excluding hydrogens is 498 g/mol. The van der Waals surface area contributed by atoms with Gasteiger partial charge in [0.1, 0.15) is 0 Å². The third kappa shape index (κ3) is 4.57. The van der Waals surface area contributed by atoms with Crippen molar-refractivity contribution in [3.63, 3.8) is 0 Å². The molecule has 2 aromatic carbocycles. The molecule has 0 saturated heterocycles. The lowest BCUT2D eigenvalue weighted by molar-refractivity contribution is -0.119. The average molecular weight is 538 g/mol. The third-order valence-corrected chi connectivity index (χ3v) is 10.6. The minimum Gasteiger partial charge on any atom is -0.493 e. The summed E-state index contributed by atoms with van der Waals surface area (Å²) >= 11 is 1.68. The number of carbonyl (C=O) groups is 1. The summed E-state index contributed by atoms with van der Waals surface area (Å²) in [7, 11) is 4.82. The van der Waals surface area contributed by atoms with Crippen LogP contribution in [0.2, 0.25) is 0 Å². The van der Waals surface area contributed by atoms with Crippen LogP contribution in [0.25, 0.3) is 11.1 Å². The Morgan fingerprint density at radius 1 is 1.05 bits per heavy atom. The van der Waals surface area contributed by atoms with Gasteiger partial charge < -0.3 is 19.5 Å². The highest BCUT2D eigenvalue weighted by molar-refractivity contribution is 7.99. The van der Waals surface area contributed by atoms with E-state index in [1.807, 2.05) is 18.2 Å². The summed E-state index contributed by atoms with van der Waals surface area (Å²) in [6.07, 6.45) is 5.23. The number of thioether (sulfide) groups is 1. The molecule has 1 N–H and O–H groups in total. The van der Waals surface area contributed by atoms with Crippen LogP contribution in [-0.4, -0.2) is 33.0 Å². The van der Waals surface area contributed by atoms with Crippen LogP contribution in [-0.2, 0) is 11.2 Å². The van der Waals surface area contributed by atoms with Crippen LogP contribution in [0, 0.1) is 23.2 Å². The van der Waals surface area contributed by atoms with Crippen molar-refractivity contribution in [2.24, 2.45) is 23.2 Å². The fourth-order valence-electron chi connectivity index (χ4n) is 7.17. The first-order valence-electron chi connectivity index (χ1n) is 13.6. The van der Waals surface area contributed by atoms with E-state index in [0.29, 0.717) is 41.4 Å². The molecule has 7 heteroatoms. The number of aryl methyl sites for hydroxylation is 1. The standard InChI is InChI=1S/C31H39NO5S/c1-17(33)32-24-11-8-18-13-26(35-4)29(36-5)30(37-6)28(18)21-10-12-27(25(34)15-22(21)24)38-16-19-7-9-20-14-23(19)31(20,2)3/h10,12-13,15,19-20,23-24H,7-9,11,14,16H2,1-6H3,(H,32,33)/t19-,20+,23-,24+/m0/s1. The van der Waals surface area contributed by atoms with Crippen molar-refractivity contribution in [3.8, 4) is 28.4 Å². The van der Waals surface area contributed by atoms with E-state index in [9.17, 15) is 9.59 Å². The van der Waals surface area contributed by atoms with Crippen molar-refractivity contribution >= 4 is 17.7 Å². The highest BCUT2D eigenvalue weighted by Gasteiger charge is 2.53.